The fraction of sp³-hybridized carbons (Fsp3) is 0.160. The van der Waals surface area contributed by atoms with Gasteiger partial charge in [0.2, 0.25) is 26.0 Å². The van der Waals surface area contributed by atoms with E-state index in [4.69, 9.17) is 10.3 Å². The molecular formula is C25H23FN4O7S2. The maximum absolute atomic E-state index is 13.5. The first kappa shape index (κ1) is 28.0. The predicted molar refractivity (Wildman–Crippen MR) is 138 cm³/mol. The van der Waals surface area contributed by atoms with Gasteiger partial charge in [0, 0.05) is 12.1 Å². The molecule has 3 aromatic carbocycles. The van der Waals surface area contributed by atoms with Crippen molar-refractivity contribution in [1.82, 2.24) is 4.90 Å². The van der Waals surface area contributed by atoms with Crippen LogP contribution >= 0.6 is 0 Å². The monoisotopic (exact) mass is 574 g/mol. The van der Waals surface area contributed by atoms with Crippen molar-refractivity contribution >= 4 is 43.5 Å². The Morgan fingerprint density at radius 2 is 1.36 bits per heavy atom. The zero-order chi connectivity index (χ0) is 28.5. The van der Waals surface area contributed by atoms with Gasteiger partial charge in [0.1, 0.15) is 11.9 Å². The van der Waals surface area contributed by atoms with E-state index in [2.05, 4.69) is 0 Å². The van der Waals surface area contributed by atoms with Crippen LogP contribution in [-0.2, 0) is 36.1 Å². The van der Waals surface area contributed by atoms with Crippen molar-refractivity contribution in [3.8, 4) is 0 Å². The Morgan fingerprint density at radius 1 is 0.846 bits per heavy atom. The van der Waals surface area contributed by atoms with Crippen molar-refractivity contribution in [1.29, 1.82) is 0 Å². The highest BCUT2D eigenvalue weighted by Crippen LogP contribution is 2.28. The summed E-state index contributed by atoms with van der Waals surface area (Å²) < 4.78 is 59.6. The van der Waals surface area contributed by atoms with Gasteiger partial charge in [0.25, 0.3) is 11.8 Å². The third-order valence-corrected chi connectivity index (χ3v) is 8.03. The summed E-state index contributed by atoms with van der Waals surface area (Å²) >= 11 is 0. The van der Waals surface area contributed by atoms with Gasteiger partial charge >= 0.3 is 0 Å². The fourth-order valence-electron chi connectivity index (χ4n) is 4.17. The number of hydrogen-bond donors (Lipinski definition) is 2. The normalized spacial score (nSPS) is 16.0. The molecule has 3 amide bonds. The summed E-state index contributed by atoms with van der Waals surface area (Å²) in [5.41, 5.74) is 0.830. The molecule has 1 unspecified atom stereocenters. The van der Waals surface area contributed by atoms with Gasteiger partial charge in [-0.05, 0) is 72.6 Å². The fourth-order valence-corrected chi connectivity index (χ4v) is 5.20. The number of carbonyl (C=O) groups excluding carboxylic acids is 3. The summed E-state index contributed by atoms with van der Waals surface area (Å²) in [6.45, 7) is -0.0349. The molecule has 0 saturated carbocycles. The summed E-state index contributed by atoms with van der Waals surface area (Å²) in [6, 6.07) is 14.0. The first-order valence-corrected chi connectivity index (χ1v) is 14.5. The summed E-state index contributed by atoms with van der Waals surface area (Å²) in [5.74, 6) is -2.49. The lowest BCUT2D eigenvalue weighted by atomic mass is 10.1. The number of anilines is 1. The lowest BCUT2D eigenvalue weighted by Gasteiger charge is -2.28. The number of nitrogens with zero attached hydrogens (tertiary/aromatic N) is 2. The standard InChI is InChI=1S/C25H23FN4O7S2/c26-18-5-3-17(4-6-18)24(32)29(14-13-16-1-9-20(10-2-16)38(27,34)35)22-15-23(31)30(25(22)33)19-7-11-21(12-8-19)39(28,36)37/h1-12,22H,13-15H2,(H2,27,34,35)(H2,28,36,37). The number of benzene rings is 3. The Bertz CT molecular complexity index is 1640. The van der Waals surface area contributed by atoms with Gasteiger partial charge in [-0.15, -0.1) is 0 Å². The van der Waals surface area contributed by atoms with E-state index in [1.165, 1.54) is 53.4 Å². The number of hydrogen-bond acceptors (Lipinski definition) is 7. The predicted octanol–water partition coefficient (Wildman–Crippen LogP) is 1.14. The molecule has 1 saturated heterocycles. The van der Waals surface area contributed by atoms with Crippen molar-refractivity contribution in [2.45, 2.75) is 28.7 Å². The van der Waals surface area contributed by atoms with Crippen LogP contribution in [0.25, 0.3) is 0 Å². The van der Waals surface area contributed by atoms with Crippen LogP contribution in [-0.4, -0.2) is 52.0 Å². The molecule has 4 N–H and O–H groups in total. The van der Waals surface area contributed by atoms with Crippen LogP contribution in [0.1, 0.15) is 22.3 Å². The number of amides is 3. The van der Waals surface area contributed by atoms with Crippen LogP contribution in [0.3, 0.4) is 0 Å². The van der Waals surface area contributed by atoms with E-state index in [1.807, 2.05) is 0 Å². The van der Waals surface area contributed by atoms with Crippen LogP contribution in [0.5, 0.6) is 0 Å². The minimum atomic E-state index is -3.99. The molecule has 1 fully saturated rings. The highest BCUT2D eigenvalue weighted by Gasteiger charge is 2.44. The quantitative estimate of drug-likeness (QED) is 0.379. The van der Waals surface area contributed by atoms with Gasteiger partial charge in [-0.1, -0.05) is 12.1 Å². The lowest BCUT2D eigenvalue weighted by Crippen LogP contribution is -2.46. The van der Waals surface area contributed by atoms with Gasteiger partial charge in [0.15, 0.2) is 0 Å². The first-order valence-electron chi connectivity index (χ1n) is 11.4. The van der Waals surface area contributed by atoms with Crippen LogP contribution in [0.15, 0.2) is 82.6 Å². The number of primary sulfonamides is 2. The van der Waals surface area contributed by atoms with Crippen molar-refractivity contribution < 1.29 is 35.6 Å². The SMILES string of the molecule is NS(=O)(=O)c1ccc(CCN(C(=O)c2ccc(F)cc2)C2CC(=O)N(c3ccc(S(N)(=O)=O)cc3)C2=O)cc1. The van der Waals surface area contributed by atoms with Crippen molar-refractivity contribution in [3.63, 3.8) is 0 Å². The summed E-state index contributed by atoms with van der Waals surface area (Å²) in [6.07, 6.45) is -0.147. The second kappa shape index (κ2) is 10.6. The molecule has 0 radical (unpaired) electrons. The molecule has 1 aliphatic rings. The molecule has 11 nitrogen and oxygen atoms in total. The molecule has 0 bridgehead atoms. The Kier molecular flexibility index (Phi) is 7.66. The molecule has 14 heteroatoms. The first-order chi connectivity index (χ1) is 18.3. The van der Waals surface area contributed by atoms with E-state index in [9.17, 15) is 35.6 Å². The summed E-state index contributed by atoms with van der Waals surface area (Å²) in [7, 11) is -7.89. The molecule has 1 atom stereocenters. The van der Waals surface area contributed by atoms with Gasteiger partial charge in [-0.25, -0.2) is 36.4 Å². The highest BCUT2D eigenvalue weighted by atomic mass is 32.2. The van der Waals surface area contributed by atoms with E-state index in [0.717, 1.165) is 29.2 Å². The number of nitrogens with two attached hydrogens (primary N) is 2. The molecule has 0 spiro atoms. The number of carbonyl (C=O) groups is 3. The van der Waals surface area contributed by atoms with Crippen molar-refractivity contribution in [3.05, 3.63) is 89.7 Å². The summed E-state index contributed by atoms with van der Waals surface area (Å²) in [5, 5.41) is 10.2. The number of rotatable bonds is 8. The smallest absolute Gasteiger partial charge is 0.257 e. The van der Waals surface area contributed by atoms with E-state index >= 15 is 0 Å². The largest absolute Gasteiger partial charge is 0.326 e. The number of halogens is 1. The van der Waals surface area contributed by atoms with Crippen LogP contribution in [0.4, 0.5) is 10.1 Å². The molecule has 0 aliphatic carbocycles. The van der Waals surface area contributed by atoms with Crippen LogP contribution in [0.2, 0.25) is 0 Å². The summed E-state index contributed by atoms with van der Waals surface area (Å²) in [4.78, 5) is 41.5. The van der Waals surface area contributed by atoms with E-state index in [0.29, 0.717) is 5.56 Å². The zero-order valence-corrected chi connectivity index (χ0v) is 21.9. The van der Waals surface area contributed by atoms with Crippen molar-refractivity contribution in [2.75, 3.05) is 11.4 Å². The Morgan fingerprint density at radius 3 is 1.87 bits per heavy atom. The van der Waals surface area contributed by atoms with Gasteiger partial charge in [-0.2, -0.15) is 0 Å². The highest BCUT2D eigenvalue weighted by molar-refractivity contribution is 7.89. The zero-order valence-electron chi connectivity index (χ0n) is 20.2. The lowest BCUT2D eigenvalue weighted by molar-refractivity contribution is -0.122. The molecule has 1 heterocycles. The third kappa shape index (κ3) is 6.20. The Hall–Kier alpha value is -3.98. The van der Waals surface area contributed by atoms with Gasteiger partial charge in [0.05, 0.1) is 21.9 Å². The van der Waals surface area contributed by atoms with E-state index in [1.54, 1.807) is 0 Å². The van der Waals surface area contributed by atoms with Gasteiger partial charge < -0.3 is 4.90 Å². The van der Waals surface area contributed by atoms with E-state index < -0.39 is 49.6 Å². The second-order valence-electron chi connectivity index (χ2n) is 8.77. The van der Waals surface area contributed by atoms with Crippen molar-refractivity contribution in [2.24, 2.45) is 10.3 Å². The molecule has 4 rings (SSSR count). The Balaban J connectivity index is 1.62. The molecule has 204 valence electrons. The second-order valence-corrected chi connectivity index (χ2v) is 11.9. The topological polar surface area (TPSA) is 178 Å². The Labute approximate surface area is 223 Å². The average Bonchev–Trinajstić information content (AvgIpc) is 3.17. The minimum Gasteiger partial charge on any atom is -0.326 e. The van der Waals surface area contributed by atoms with E-state index in [-0.39, 0.29) is 40.4 Å². The van der Waals surface area contributed by atoms with Crippen LogP contribution < -0.4 is 15.2 Å². The average molecular weight is 575 g/mol. The number of sulfonamides is 2. The maximum atomic E-state index is 13.5. The van der Waals surface area contributed by atoms with Gasteiger partial charge in [-0.3, -0.25) is 14.4 Å². The molecule has 39 heavy (non-hydrogen) atoms. The third-order valence-electron chi connectivity index (χ3n) is 6.17. The molecule has 1 aliphatic heterocycles. The molecular weight excluding hydrogens is 551 g/mol. The van der Waals surface area contributed by atoms with Crippen LogP contribution in [0, 0.1) is 5.82 Å². The number of imide groups is 1. The minimum absolute atomic E-state index is 0.0349. The molecule has 0 aromatic heterocycles. The maximum Gasteiger partial charge on any atom is 0.257 e. The molecule has 3 aromatic rings.